The Balaban J connectivity index is 0.000000284. The minimum atomic E-state index is -7.22. The highest BCUT2D eigenvalue weighted by molar-refractivity contribution is 7.20. The maximum atomic E-state index is 15.4. The molecule has 0 spiro atoms. The van der Waals surface area contributed by atoms with E-state index in [0.717, 1.165) is 10.8 Å². The van der Waals surface area contributed by atoms with Crippen LogP contribution in [0, 0.1) is 128 Å². The first-order chi connectivity index (χ1) is 31.0. The number of nitriles is 1. The maximum absolute atomic E-state index is 15.4. The Bertz CT molecular complexity index is 2830. The van der Waals surface area contributed by atoms with Crippen molar-refractivity contribution in [1.82, 2.24) is 0 Å². The van der Waals surface area contributed by atoms with Gasteiger partial charge >= 0.3 is 0 Å². The fraction of sp³-hybridized carbons (Fsp3) is 0.0238. The number of aromatic nitrogens is 1. The third-order valence-corrected chi connectivity index (χ3v) is 10.1. The number of carbonyl (C=O) groups is 1. The summed E-state index contributed by atoms with van der Waals surface area (Å²) in [5.74, 6) is -71.3. The van der Waals surface area contributed by atoms with E-state index in [1.807, 2.05) is 65.5 Å². The van der Waals surface area contributed by atoms with Crippen LogP contribution in [0.2, 0.25) is 0 Å². The maximum Gasteiger partial charge on any atom is 0.227 e. The van der Waals surface area contributed by atoms with E-state index in [0.29, 0.717) is 17.7 Å². The number of benzene rings is 6. The molecule has 0 N–H and O–H groups in total. The van der Waals surface area contributed by atoms with E-state index in [9.17, 15) is 57.5 Å². The highest BCUT2D eigenvalue weighted by Crippen LogP contribution is 2.31. The fourth-order valence-corrected chi connectivity index (χ4v) is 7.16. The molecule has 1 aromatic heterocycles. The Morgan fingerprint density at radius 1 is 0.424 bits per heavy atom. The molecule has 0 bridgehead atoms. The van der Waals surface area contributed by atoms with Gasteiger partial charge in [0.2, 0.25) is 12.3 Å². The number of hydrogen-bond donors (Lipinski definition) is 0. The molecule has 0 aliphatic rings. The predicted molar refractivity (Wildman–Crippen MR) is 189 cm³/mol. The molecule has 0 aliphatic carbocycles. The van der Waals surface area contributed by atoms with Gasteiger partial charge in [-0.05, 0) is 23.6 Å². The summed E-state index contributed by atoms with van der Waals surface area (Å²) in [5, 5.41) is 10.9. The van der Waals surface area contributed by atoms with Crippen LogP contribution in [0.3, 0.4) is 0 Å². The second kappa shape index (κ2) is 17.8. The van der Waals surface area contributed by atoms with Gasteiger partial charge in [0.15, 0.2) is 82.2 Å². The van der Waals surface area contributed by atoms with E-state index < -0.39 is 144 Å². The molecule has 0 saturated heterocycles. The number of fused-ring (bicyclic) bond motifs is 1. The van der Waals surface area contributed by atoms with Crippen molar-refractivity contribution in [2.24, 2.45) is 0 Å². The summed E-state index contributed by atoms with van der Waals surface area (Å²) in [4.78, 5) is 12.2. The molecule has 6 aromatic carbocycles. The highest BCUT2D eigenvalue weighted by atomic mass is 19.2. The molecular formula is C42H13BF20N2O. The summed E-state index contributed by atoms with van der Waals surface area (Å²) >= 11 is 0. The first-order valence-electron chi connectivity index (χ1n) is 17.6. The molecule has 340 valence electrons. The van der Waals surface area contributed by atoms with Crippen LogP contribution in [0.5, 0.6) is 0 Å². The Hall–Kier alpha value is -7.45. The van der Waals surface area contributed by atoms with Crippen LogP contribution in [0.1, 0.15) is 15.9 Å². The SMILES string of the molecule is Fc1c(F)c(F)c([B-](c2c(F)c(F)c(F)c(F)c2F)(c2c(F)c(F)c(F)c(F)c2F)c2c(F)c(F)c(F)c(F)c2F)c(F)c1F.N#Cc1ccc2c[n+](CC(=O)c3ccccc3)ccc2c1. The van der Waals surface area contributed by atoms with Gasteiger partial charge in [0, 0.05) is 17.0 Å². The van der Waals surface area contributed by atoms with Gasteiger partial charge in [-0.2, -0.15) is 9.83 Å². The quantitative estimate of drug-likeness (QED) is 0.0401. The minimum absolute atomic E-state index is 0.0774. The normalized spacial score (nSPS) is 11.4. The summed E-state index contributed by atoms with van der Waals surface area (Å²) in [6.45, 7) is 0.306. The summed E-state index contributed by atoms with van der Waals surface area (Å²) in [6, 6.07) is 18.8. The largest absolute Gasteiger partial charge is 0.287 e. The number of rotatable bonds is 7. The van der Waals surface area contributed by atoms with E-state index in [-0.39, 0.29) is 5.78 Å². The van der Waals surface area contributed by atoms with Crippen LogP contribution < -0.4 is 26.4 Å². The van der Waals surface area contributed by atoms with Crippen molar-refractivity contribution in [2.75, 3.05) is 0 Å². The monoisotopic (exact) mass is 952 g/mol. The first-order valence-corrected chi connectivity index (χ1v) is 17.6. The molecule has 0 atom stereocenters. The van der Waals surface area contributed by atoms with Gasteiger partial charge in [-0.1, -0.05) is 30.3 Å². The minimum Gasteiger partial charge on any atom is -0.287 e. The van der Waals surface area contributed by atoms with E-state index in [2.05, 4.69) is 6.07 Å². The van der Waals surface area contributed by atoms with Crippen molar-refractivity contribution in [3.63, 3.8) is 0 Å². The molecule has 0 unspecified atom stereocenters. The summed E-state index contributed by atoms with van der Waals surface area (Å²) in [7, 11) is 0. The Morgan fingerprint density at radius 2 is 0.742 bits per heavy atom. The average Bonchev–Trinajstić information content (AvgIpc) is 3.31. The molecule has 0 aliphatic heterocycles. The van der Waals surface area contributed by atoms with Crippen molar-refractivity contribution in [2.45, 2.75) is 6.54 Å². The van der Waals surface area contributed by atoms with Gasteiger partial charge in [-0.15, -0.1) is 21.9 Å². The van der Waals surface area contributed by atoms with Crippen molar-refractivity contribution in [3.8, 4) is 6.07 Å². The van der Waals surface area contributed by atoms with E-state index in [4.69, 9.17) is 5.26 Å². The van der Waals surface area contributed by atoms with Gasteiger partial charge in [-0.3, -0.25) is 4.79 Å². The number of halogens is 20. The molecule has 7 aromatic rings. The molecule has 3 nitrogen and oxygen atoms in total. The summed E-state index contributed by atoms with van der Waals surface area (Å²) in [5.41, 5.74) is -13.0. The van der Waals surface area contributed by atoms with Crippen molar-refractivity contribution < 1.29 is 97.2 Å². The third kappa shape index (κ3) is 7.50. The van der Waals surface area contributed by atoms with E-state index in [1.54, 1.807) is 6.07 Å². The average molecular weight is 952 g/mol. The molecule has 24 heteroatoms. The van der Waals surface area contributed by atoms with Crippen LogP contribution in [0.15, 0.2) is 67.0 Å². The molecule has 0 saturated carbocycles. The molecule has 0 radical (unpaired) electrons. The van der Waals surface area contributed by atoms with Gasteiger partial charge in [0.25, 0.3) is 0 Å². The standard InChI is InChI=1S/C24BF20.C18H13N2O/c26-5-1(6(27)14(35)21(42)13(5)34)25(2-7(28)15(36)22(43)16(37)8(2)29,3-9(30)17(38)23(44)18(39)10(3)31)4-11(32)19(40)24(45)20(41)12(4)33;19-11-14-6-7-17-12-20(9-8-16(17)10-14)13-18(21)15-4-2-1-3-5-15/h;1-10,12H,13H2/q-1;+1. The number of hydrogen-bond acceptors (Lipinski definition) is 2. The Morgan fingerprint density at radius 3 is 1.06 bits per heavy atom. The zero-order chi connectivity index (χ0) is 49.0. The lowest BCUT2D eigenvalue weighted by Gasteiger charge is -2.44. The lowest BCUT2D eigenvalue weighted by Crippen LogP contribution is -2.81. The third-order valence-electron chi connectivity index (χ3n) is 10.1. The number of Topliss-reactive ketones (excluding diaryl/α,β-unsaturated/α-hetero) is 1. The first kappa shape index (κ1) is 48.0. The lowest BCUT2D eigenvalue weighted by atomic mass is 9.12. The van der Waals surface area contributed by atoms with Crippen LogP contribution in [0.25, 0.3) is 10.8 Å². The Kier molecular flexibility index (Phi) is 13.0. The van der Waals surface area contributed by atoms with Gasteiger partial charge in [-0.25, -0.2) is 87.8 Å². The smallest absolute Gasteiger partial charge is 0.227 e. The molecule has 0 fully saturated rings. The van der Waals surface area contributed by atoms with Crippen LogP contribution in [-0.4, -0.2) is 11.9 Å². The lowest BCUT2D eigenvalue weighted by molar-refractivity contribution is -0.681. The molecule has 0 amide bonds. The van der Waals surface area contributed by atoms with Gasteiger partial charge in [0.05, 0.1) is 11.6 Å². The summed E-state index contributed by atoms with van der Waals surface area (Å²) < 4.78 is 296. The Labute approximate surface area is 353 Å². The highest BCUT2D eigenvalue weighted by Gasteiger charge is 2.52. The van der Waals surface area contributed by atoms with E-state index in [1.165, 1.54) is 0 Å². The zero-order valence-corrected chi connectivity index (χ0v) is 31.5. The molecule has 7 rings (SSSR count). The fourth-order valence-electron chi connectivity index (χ4n) is 7.16. The number of ketones is 1. The second-order valence-electron chi connectivity index (χ2n) is 13.7. The molecule has 66 heavy (non-hydrogen) atoms. The summed E-state index contributed by atoms with van der Waals surface area (Å²) in [6.07, 6.45) is -3.42. The van der Waals surface area contributed by atoms with Crippen LogP contribution in [-0.2, 0) is 6.54 Å². The zero-order valence-electron chi connectivity index (χ0n) is 31.5. The van der Waals surface area contributed by atoms with Gasteiger partial charge in [0.1, 0.15) is 52.7 Å². The topological polar surface area (TPSA) is 44.7 Å². The number of nitrogens with zero attached hydrogens (tertiary/aromatic N) is 2. The van der Waals surface area contributed by atoms with Crippen molar-refractivity contribution in [1.29, 1.82) is 5.26 Å². The second-order valence-corrected chi connectivity index (χ2v) is 13.7. The predicted octanol–water partition coefficient (Wildman–Crippen LogP) is 8.73. The number of pyridine rings is 1. The van der Waals surface area contributed by atoms with Crippen LogP contribution >= 0.6 is 0 Å². The van der Waals surface area contributed by atoms with Crippen molar-refractivity contribution in [3.05, 3.63) is 194 Å². The van der Waals surface area contributed by atoms with Crippen molar-refractivity contribution >= 4 is 44.6 Å². The number of carbonyl (C=O) groups excluding carboxylic acids is 1. The molecule has 1 heterocycles. The van der Waals surface area contributed by atoms with E-state index >= 15 is 35.1 Å². The molecular weight excluding hydrogens is 939 g/mol. The van der Waals surface area contributed by atoms with Crippen LogP contribution in [0.4, 0.5) is 87.8 Å². The van der Waals surface area contributed by atoms with Gasteiger partial charge < -0.3 is 0 Å².